The average molecular weight is 324 g/mol. The first-order chi connectivity index (χ1) is 10.1. The number of carbonyl (C=O) groups excluding carboxylic acids is 1. The third kappa shape index (κ3) is 4.66. The van der Waals surface area contributed by atoms with Crippen LogP contribution in [0, 0.1) is 0 Å². The van der Waals surface area contributed by atoms with Gasteiger partial charge >= 0.3 is 0 Å². The van der Waals surface area contributed by atoms with Crippen molar-refractivity contribution in [2.24, 2.45) is 0 Å². The molecule has 0 bridgehead atoms. The fraction of sp³-hybridized carbons (Fsp3) is 0.188. The lowest BCUT2D eigenvalue weighted by atomic mass is 10.1. The molecule has 2 aromatic rings. The summed E-state index contributed by atoms with van der Waals surface area (Å²) in [5, 5.41) is 3.93. The Morgan fingerprint density at radius 2 is 1.90 bits per heavy atom. The van der Waals surface area contributed by atoms with Gasteiger partial charge in [-0.05, 0) is 36.8 Å². The van der Waals surface area contributed by atoms with Crippen LogP contribution in [0.15, 0.2) is 48.5 Å². The minimum atomic E-state index is -0.221. The van der Waals surface area contributed by atoms with Crippen LogP contribution >= 0.6 is 23.2 Å². The molecule has 0 heterocycles. The highest BCUT2D eigenvalue weighted by molar-refractivity contribution is 6.35. The van der Waals surface area contributed by atoms with E-state index in [-0.39, 0.29) is 18.6 Å². The summed E-state index contributed by atoms with van der Waals surface area (Å²) in [6.07, 6.45) is 0. The van der Waals surface area contributed by atoms with Crippen molar-refractivity contribution in [2.45, 2.75) is 13.0 Å². The van der Waals surface area contributed by atoms with Gasteiger partial charge in [-0.3, -0.25) is 4.79 Å². The number of hydrogen-bond acceptors (Lipinski definition) is 2. The molecule has 2 rings (SSSR count). The van der Waals surface area contributed by atoms with E-state index in [1.165, 1.54) is 0 Å². The second-order valence-corrected chi connectivity index (χ2v) is 5.40. The highest BCUT2D eigenvalue weighted by Gasteiger charge is 2.13. The van der Waals surface area contributed by atoms with Crippen LogP contribution in [0.5, 0.6) is 5.75 Å². The first-order valence-electron chi connectivity index (χ1n) is 6.48. The number of hydrogen-bond donors (Lipinski definition) is 1. The van der Waals surface area contributed by atoms with Crippen molar-refractivity contribution in [3.8, 4) is 5.75 Å². The minimum Gasteiger partial charge on any atom is -0.484 e. The summed E-state index contributed by atoms with van der Waals surface area (Å²) in [6.45, 7) is 1.81. The van der Waals surface area contributed by atoms with Crippen molar-refractivity contribution in [1.29, 1.82) is 0 Å². The van der Waals surface area contributed by atoms with E-state index in [0.29, 0.717) is 15.8 Å². The van der Waals surface area contributed by atoms with Crippen LogP contribution in [0.25, 0.3) is 0 Å². The van der Waals surface area contributed by atoms with Crippen LogP contribution in [-0.4, -0.2) is 12.5 Å². The maximum absolute atomic E-state index is 11.9. The van der Waals surface area contributed by atoms with Gasteiger partial charge in [0.05, 0.1) is 6.04 Å². The Morgan fingerprint density at radius 3 is 2.57 bits per heavy atom. The molecule has 0 saturated heterocycles. The molecule has 2 aromatic carbocycles. The van der Waals surface area contributed by atoms with Crippen LogP contribution in [0.3, 0.4) is 0 Å². The second kappa shape index (κ2) is 7.34. The van der Waals surface area contributed by atoms with Crippen LogP contribution < -0.4 is 10.1 Å². The lowest BCUT2D eigenvalue weighted by Crippen LogP contribution is -2.31. The van der Waals surface area contributed by atoms with Gasteiger partial charge in [-0.15, -0.1) is 0 Å². The van der Waals surface area contributed by atoms with Gasteiger partial charge in [0.15, 0.2) is 6.61 Å². The summed E-state index contributed by atoms with van der Waals surface area (Å²) in [4.78, 5) is 11.9. The van der Waals surface area contributed by atoms with Gasteiger partial charge < -0.3 is 10.1 Å². The Morgan fingerprint density at radius 1 is 1.19 bits per heavy atom. The normalized spacial score (nSPS) is 11.8. The first-order valence-corrected chi connectivity index (χ1v) is 7.24. The second-order valence-electron chi connectivity index (χ2n) is 4.56. The van der Waals surface area contributed by atoms with E-state index < -0.39 is 0 Å². The van der Waals surface area contributed by atoms with Crippen LogP contribution in [0.2, 0.25) is 10.0 Å². The lowest BCUT2D eigenvalue weighted by molar-refractivity contribution is -0.123. The maximum Gasteiger partial charge on any atom is 0.258 e. The molecule has 0 spiro atoms. The molecular formula is C16H15Cl2NO2. The molecule has 0 unspecified atom stereocenters. The van der Waals surface area contributed by atoms with Crippen molar-refractivity contribution >= 4 is 29.1 Å². The van der Waals surface area contributed by atoms with E-state index in [2.05, 4.69) is 5.32 Å². The fourth-order valence-electron chi connectivity index (χ4n) is 1.88. The number of carbonyl (C=O) groups is 1. The largest absolute Gasteiger partial charge is 0.484 e. The SMILES string of the molecule is C[C@@H](NC(=O)COc1ccccc1)c1ccc(Cl)cc1Cl. The van der Waals surface area contributed by atoms with E-state index in [1.54, 1.807) is 30.3 Å². The molecule has 1 atom stereocenters. The van der Waals surface area contributed by atoms with E-state index in [0.717, 1.165) is 5.56 Å². The van der Waals surface area contributed by atoms with Crippen LogP contribution in [-0.2, 0) is 4.79 Å². The third-order valence-corrected chi connectivity index (χ3v) is 3.48. The predicted molar refractivity (Wildman–Crippen MR) is 85.0 cm³/mol. The number of benzene rings is 2. The molecule has 5 heteroatoms. The van der Waals surface area contributed by atoms with Crippen molar-refractivity contribution in [3.63, 3.8) is 0 Å². The van der Waals surface area contributed by atoms with Gasteiger partial charge in [0.1, 0.15) is 5.75 Å². The summed E-state index contributed by atoms with van der Waals surface area (Å²) in [7, 11) is 0. The minimum absolute atomic E-state index is 0.0421. The molecule has 110 valence electrons. The standard InChI is InChI=1S/C16H15Cl2NO2/c1-11(14-8-7-12(17)9-15(14)18)19-16(20)10-21-13-5-3-2-4-6-13/h2-9,11H,10H2,1H3,(H,19,20)/t11-/m1/s1. The number of para-hydroxylation sites is 1. The zero-order chi connectivity index (χ0) is 15.2. The molecule has 21 heavy (non-hydrogen) atoms. The van der Waals surface area contributed by atoms with Gasteiger partial charge in [-0.1, -0.05) is 47.5 Å². The molecular weight excluding hydrogens is 309 g/mol. The maximum atomic E-state index is 11.9. The van der Waals surface area contributed by atoms with Gasteiger partial charge in [0.2, 0.25) is 0 Å². The number of nitrogens with one attached hydrogen (secondary N) is 1. The van der Waals surface area contributed by atoms with Gasteiger partial charge in [-0.25, -0.2) is 0 Å². The Balaban J connectivity index is 1.90. The van der Waals surface area contributed by atoms with Crippen molar-refractivity contribution in [2.75, 3.05) is 6.61 Å². The molecule has 0 aliphatic heterocycles. The lowest BCUT2D eigenvalue weighted by Gasteiger charge is -2.16. The third-order valence-electron chi connectivity index (χ3n) is 2.92. The van der Waals surface area contributed by atoms with E-state index >= 15 is 0 Å². The molecule has 1 N–H and O–H groups in total. The Kier molecular flexibility index (Phi) is 5.48. The Hall–Kier alpha value is -1.71. The van der Waals surface area contributed by atoms with Crippen molar-refractivity contribution in [3.05, 3.63) is 64.1 Å². The van der Waals surface area contributed by atoms with Gasteiger partial charge in [0.25, 0.3) is 5.91 Å². The van der Waals surface area contributed by atoms with E-state index in [4.69, 9.17) is 27.9 Å². The molecule has 0 radical (unpaired) electrons. The highest BCUT2D eigenvalue weighted by Crippen LogP contribution is 2.26. The average Bonchev–Trinajstić information content (AvgIpc) is 2.46. The summed E-state index contributed by atoms with van der Waals surface area (Å²) in [6, 6.07) is 14.2. The number of halogens is 2. The molecule has 0 aromatic heterocycles. The molecule has 3 nitrogen and oxygen atoms in total. The molecule has 0 aliphatic rings. The van der Waals surface area contributed by atoms with Crippen molar-refractivity contribution < 1.29 is 9.53 Å². The Labute approximate surface area is 133 Å². The van der Waals surface area contributed by atoms with Crippen LogP contribution in [0.1, 0.15) is 18.5 Å². The molecule has 1 amide bonds. The summed E-state index contributed by atoms with van der Waals surface area (Å²) >= 11 is 12.0. The summed E-state index contributed by atoms with van der Waals surface area (Å²) in [5.74, 6) is 0.446. The van der Waals surface area contributed by atoms with E-state index in [9.17, 15) is 4.79 Å². The number of amides is 1. The van der Waals surface area contributed by atoms with Gasteiger partial charge in [-0.2, -0.15) is 0 Å². The topological polar surface area (TPSA) is 38.3 Å². The van der Waals surface area contributed by atoms with Crippen molar-refractivity contribution in [1.82, 2.24) is 5.32 Å². The smallest absolute Gasteiger partial charge is 0.258 e. The zero-order valence-corrected chi connectivity index (χ0v) is 13.0. The number of rotatable bonds is 5. The number of ether oxygens (including phenoxy) is 1. The first kappa shape index (κ1) is 15.7. The van der Waals surface area contributed by atoms with Crippen LogP contribution in [0.4, 0.5) is 0 Å². The van der Waals surface area contributed by atoms with Gasteiger partial charge in [0, 0.05) is 10.0 Å². The fourth-order valence-corrected chi connectivity index (χ4v) is 2.45. The predicted octanol–water partition coefficient (Wildman–Crippen LogP) is 4.25. The summed E-state index contributed by atoms with van der Waals surface area (Å²) < 4.78 is 5.39. The molecule has 0 saturated carbocycles. The molecule has 0 fully saturated rings. The monoisotopic (exact) mass is 323 g/mol. The molecule has 0 aliphatic carbocycles. The Bertz CT molecular complexity index is 617. The highest BCUT2D eigenvalue weighted by atomic mass is 35.5. The summed E-state index contributed by atoms with van der Waals surface area (Å²) in [5.41, 5.74) is 0.814. The zero-order valence-electron chi connectivity index (χ0n) is 11.5. The van der Waals surface area contributed by atoms with E-state index in [1.807, 2.05) is 25.1 Å². The quantitative estimate of drug-likeness (QED) is 0.893.